The number of ether oxygens (including phenoxy) is 1. The van der Waals surface area contributed by atoms with Gasteiger partial charge in [0.25, 0.3) is 5.91 Å². The van der Waals surface area contributed by atoms with Crippen LogP contribution >= 0.6 is 0 Å². The second-order valence-corrected chi connectivity index (χ2v) is 4.07. The number of methoxy groups -OCH3 is 1. The Kier molecular flexibility index (Phi) is 4.52. The average molecular weight is 236 g/mol. The van der Waals surface area contributed by atoms with Crippen LogP contribution in [0, 0.1) is 20.8 Å². The highest BCUT2D eigenvalue weighted by molar-refractivity contribution is 5.96. The lowest BCUT2D eigenvalue weighted by molar-refractivity contribution is 0.0954. The van der Waals surface area contributed by atoms with E-state index in [2.05, 4.69) is 5.32 Å². The Balaban J connectivity index is 3.14. The number of benzene rings is 1. The van der Waals surface area contributed by atoms with Crippen LogP contribution in [0.3, 0.4) is 0 Å². The summed E-state index contributed by atoms with van der Waals surface area (Å²) in [5, 5.41) is 2.78. The maximum atomic E-state index is 11.9. The Bertz CT molecular complexity index is 428. The fourth-order valence-electron chi connectivity index (χ4n) is 1.89. The van der Waals surface area contributed by atoms with Gasteiger partial charge in [-0.05, 0) is 43.5 Å². The molecule has 0 aliphatic heterocycles. The third-order valence-corrected chi connectivity index (χ3v) is 2.90. The molecule has 4 heteroatoms. The van der Waals surface area contributed by atoms with E-state index in [4.69, 9.17) is 10.5 Å². The Morgan fingerprint density at radius 2 is 2.00 bits per heavy atom. The van der Waals surface area contributed by atoms with Gasteiger partial charge in [0.1, 0.15) is 5.75 Å². The third kappa shape index (κ3) is 2.77. The SMILES string of the molecule is COc1c(C)cc(C(=O)NCCN)c(C)c1C. The number of carbonyl (C=O) groups excluding carboxylic acids is 1. The highest BCUT2D eigenvalue weighted by Crippen LogP contribution is 2.28. The molecule has 17 heavy (non-hydrogen) atoms. The molecule has 0 radical (unpaired) electrons. The minimum Gasteiger partial charge on any atom is -0.496 e. The van der Waals surface area contributed by atoms with E-state index in [1.807, 2.05) is 26.8 Å². The lowest BCUT2D eigenvalue weighted by Gasteiger charge is -2.15. The topological polar surface area (TPSA) is 64.3 Å². The van der Waals surface area contributed by atoms with Gasteiger partial charge in [0.2, 0.25) is 0 Å². The van der Waals surface area contributed by atoms with Crippen molar-refractivity contribution in [3.05, 3.63) is 28.3 Å². The molecule has 1 rings (SSSR count). The summed E-state index contributed by atoms with van der Waals surface area (Å²) in [6.45, 7) is 6.75. The van der Waals surface area contributed by atoms with E-state index >= 15 is 0 Å². The predicted molar refractivity (Wildman–Crippen MR) is 68.6 cm³/mol. The average Bonchev–Trinajstić information content (AvgIpc) is 2.31. The molecule has 4 nitrogen and oxygen atoms in total. The summed E-state index contributed by atoms with van der Waals surface area (Å²) < 4.78 is 5.32. The van der Waals surface area contributed by atoms with E-state index in [0.29, 0.717) is 18.7 Å². The highest BCUT2D eigenvalue weighted by atomic mass is 16.5. The van der Waals surface area contributed by atoms with Crippen molar-refractivity contribution >= 4 is 5.91 Å². The summed E-state index contributed by atoms with van der Waals surface area (Å²) in [7, 11) is 1.64. The monoisotopic (exact) mass is 236 g/mol. The van der Waals surface area contributed by atoms with E-state index in [9.17, 15) is 4.79 Å². The quantitative estimate of drug-likeness (QED) is 0.828. The molecule has 0 aliphatic rings. The molecule has 1 aromatic rings. The van der Waals surface area contributed by atoms with Crippen LogP contribution < -0.4 is 15.8 Å². The first-order valence-electron chi connectivity index (χ1n) is 5.66. The van der Waals surface area contributed by atoms with Crippen molar-refractivity contribution in [2.24, 2.45) is 5.73 Å². The zero-order valence-corrected chi connectivity index (χ0v) is 10.9. The van der Waals surface area contributed by atoms with Crippen molar-refractivity contribution in [2.75, 3.05) is 20.2 Å². The lowest BCUT2D eigenvalue weighted by atomic mass is 9.98. The molecule has 0 spiro atoms. The van der Waals surface area contributed by atoms with Gasteiger partial charge >= 0.3 is 0 Å². The van der Waals surface area contributed by atoms with E-state index in [-0.39, 0.29) is 5.91 Å². The van der Waals surface area contributed by atoms with Crippen LogP contribution in [-0.2, 0) is 0 Å². The molecule has 0 aromatic heterocycles. The van der Waals surface area contributed by atoms with E-state index < -0.39 is 0 Å². The standard InChI is InChI=1S/C13H20N2O2/c1-8-7-11(13(16)15-6-5-14)9(2)10(3)12(8)17-4/h7H,5-6,14H2,1-4H3,(H,15,16). The van der Waals surface area contributed by atoms with Gasteiger partial charge < -0.3 is 15.8 Å². The Hall–Kier alpha value is -1.55. The van der Waals surface area contributed by atoms with Gasteiger partial charge in [-0.25, -0.2) is 0 Å². The molecule has 94 valence electrons. The molecule has 0 unspecified atom stereocenters. The smallest absolute Gasteiger partial charge is 0.251 e. The van der Waals surface area contributed by atoms with E-state index in [0.717, 1.165) is 22.4 Å². The Labute approximate surface area is 102 Å². The molecule has 1 aromatic carbocycles. The Morgan fingerprint density at radius 3 is 2.53 bits per heavy atom. The fourth-order valence-corrected chi connectivity index (χ4v) is 1.89. The van der Waals surface area contributed by atoms with Crippen LogP contribution in [0.15, 0.2) is 6.07 Å². The molecule has 0 saturated carbocycles. The molecule has 0 heterocycles. The molecule has 0 atom stereocenters. The zero-order valence-electron chi connectivity index (χ0n) is 10.9. The summed E-state index contributed by atoms with van der Waals surface area (Å²) in [5.74, 6) is 0.764. The van der Waals surface area contributed by atoms with Crippen LogP contribution in [0.5, 0.6) is 5.75 Å². The number of amides is 1. The molecule has 0 bridgehead atoms. The van der Waals surface area contributed by atoms with Crippen LogP contribution in [0.25, 0.3) is 0 Å². The van der Waals surface area contributed by atoms with Crippen LogP contribution in [-0.4, -0.2) is 26.1 Å². The van der Waals surface area contributed by atoms with E-state index in [1.54, 1.807) is 7.11 Å². The van der Waals surface area contributed by atoms with Crippen LogP contribution in [0.4, 0.5) is 0 Å². The van der Waals surface area contributed by atoms with Gasteiger partial charge in [-0.15, -0.1) is 0 Å². The number of hydrogen-bond donors (Lipinski definition) is 2. The second kappa shape index (κ2) is 5.68. The maximum Gasteiger partial charge on any atom is 0.251 e. The van der Waals surface area contributed by atoms with Crippen molar-refractivity contribution < 1.29 is 9.53 Å². The molecule has 0 aliphatic carbocycles. The number of carbonyl (C=O) groups is 1. The predicted octanol–water partition coefficient (Wildman–Crippen LogP) is 1.31. The number of hydrogen-bond acceptors (Lipinski definition) is 3. The van der Waals surface area contributed by atoms with Gasteiger partial charge in [0.05, 0.1) is 7.11 Å². The van der Waals surface area contributed by atoms with Crippen LogP contribution in [0.1, 0.15) is 27.0 Å². The first kappa shape index (κ1) is 13.5. The third-order valence-electron chi connectivity index (χ3n) is 2.90. The van der Waals surface area contributed by atoms with Gasteiger partial charge in [-0.3, -0.25) is 4.79 Å². The molecular formula is C13H20N2O2. The summed E-state index contributed by atoms with van der Waals surface area (Å²) >= 11 is 0. The van der Waals surface area contributed by atoms with Crippen molar-refractivity contribution in [2.45, 2.75) is 20.8 Å². The number of nitrogens with two attached hydrogens (primary N) is 1. The highest BCUT2D eigenvalue weighted by Gasteiger charge is 2.15. The molecule has 1 amide bonds. The molecule has 0 saturated heterocycles. The molecule has 3 N–H and O–H groups in total. The van der Waals surface area contributed by atoms with Crippen molar-refractivity contribution in [3.8, 4) is 5.75 Å². The van der Waals surface area contributed by atoms with Gasteiger partial charge in [-0.2, -0.15) is 0 Å². The number of rotatable bonds is 4. The van der Waals surface area contributed by atoms with Gasteiger partial charge in [0.15, 0.2) is 0 Å². The minimum atomic E-state index is -0.0817. The zero-order chi connectivity index (χ0) is 13.0. The second-order valence-electron chi connectivity index (χ2n) is 4.07. The number of nitrogens with one attached hydrogen (secondary N) is 1. The van der Waals surface area contributed by atoms with Crippen molar-refractivity contribution in [3.63, 3.8) is 0 Å². The molecule has 0 fully saturated rings. The van der Waals surface area contributed by atoms with Gasteiger partial charge in [0, 0.05) is 18.7 Å². The summed E-state index contributed by atoms with van der Waals surface area (Å²) in [4.78, 5) is 11.9. The Morgan fingerprint density at radius 1 is 1.35 bits per heavy atom. The summed E-state index contributed by atoms with van der Waals surface area (Å²) in [6.07, 6.45) is 0. The number of aryl methyl sites for hydroxylation is 1. The molecular weight excluding hydrogens is 216 g/mol. The van der Waals surface area contributed by atoms with E-state index in [1.165, 1.54) is 0 Å². The largest absolute Gasteiger partial charge is 0.496 e. The summed E-state index contributed by atoms with van der Waals surface area (Å²) in [5.41, 5.74) is 8.97. The first-order valence-corrected chi connectivity index (χ1v) is 5.66. The first-order chi connectivity index (χ1) is 8.02. The fraction of sp³-hybridized carbons (Fsp3) is 0.462. The summed E-state index contributed by atoms with van der Waals surface area (Å²) in [6, 6.07) is 1.85. The van der Waals surface area contributed by atoms with Crippen molar-refractivity contribution in [1.82, 2.24) is 5.32 Å². The lowest BCUT2D eigenvalue weighted by Crippen LogP contribution is -2.29. The van der Waals surface area contributed by atoms with Crippen LogP contribution in [0.2, 0.25) is 0 Å². The normalized spacial score (nSPS) is 10.2. The minimum absolute atomic E-state index is 0.0817. The van der Waals surface area contributed by atoms with Crippen molar-refractivity contribution in [1.29, 1.82) is 0 Å². The maximum absolute atomic E-state index is 11.9. The van der Waals surface area contributed by atoms with Gasteiger partial charge in [-0.1, -0.05) is 0 Å².